The van der Waals surface area contributed by atoms with E-state index in [1.165, 1.54) is 0 Å². The molecule has 1 unspecified atom stereocenters. The molecule has 0 fully saturated rings. The van der Waals surface area contributed by atoms with E-state index in [4.69, 9.17) is 0 Å². The molecule has 0 aliphatic rings. The third-order valence-electron chi connectivity index (χ3n) is 2.94. The van der Waals surface area contributed by atoms with Gasteiger partial charge in [0.1, 0.15) is 18.0 Å². The second-order valence-electron chi connectivity index (χ2n) is 5.52. The maximum Gasteiger partial charge on any atom is 0.134 e. The van der Waals surface area contributed by atoms with Crippen molar-refractivity contribution in [2.24, 2.45) is 0 Å². The molecule has 0 aliphatic carbocycles. The Morgan fingerprint density at radius 3 is 2.30 bits per heavy atom. The summed E-state index contributed by atoms with van der Waals surface area (Å²) in [5, 5.41) is 16.8. The summed E-state index contributed by atoms with van der Waals surface area (Å²) in [6.45, 7) is 7.78. The molecule has 6 heteroatoms. The summed E-state index contributed by atoms with van der Waals surface area (Å²) in [4.78, 5) is 10.5. The van der Waals surface area contributed by atoms with Gasteiger partial charge in [-0.25, -0.2) is 9.97 Å². The number of hydrogen-bond donors (Lipinski definition) is 3. The molecule has 0 saturated heterocycles. The average molecular weight is 281 g/mol. The van der Waals surface area contributed by atoms with Gasteiger partial charge in [-0.05, 0) is 34.4 Å². The predicted molar refractivity (Wildman–Crippen MR) is 83.2 cm³/mol. The molecule has 1 rings (SSSR count). The molecule has 6 nitrogen and oxygen atoms in total. The smallest absolute Gasteiger partial charge is 0.134 e. The summed E-state index contributed by atoms with van der Waals surface area (Å²) in [6, 6.07) is 0. The molecule has 3 N–H and O–H groups in total. The minimum Gasteiger partial charge on any atom is -0.387 e. The van der Waals surface area contributed by atoms with Crippen molar-refractivity contribution in [1.29, 1.82) is 0 Å². The Kier molecular flexibility index (Phi) is 6.16. The standard InChI is InChI=1S/C14H27N5O/c1-6-11-12(15-7-2)17-10-18-13(11)16-8-14(3,20)9-19(4)5/h10,20H,6-9H2,1-5H3,(H2,15,16,17,18). The average Bonchev–Trinajstić information content (AvgIpc) is 2.35. The van der Waals surface area contributed by atoms with Gasteiger partial charge in [0, 0.05) is 25.2 Å². The summed E-state index contributed by atoms with van der Waals surface area (Å²) >= 11 is 0. The van der Waals surface area contributed by atoms with Crippen LogP contribution in [-0.4, -0.2) is 59.3 Å². The van der Waals surface area contributed by atoms with Crippen molar-refractivity contribution >= 4 is 11.6 Å². The van der Waals surface area contributed by atoms with E-state index >= 15 is 0 Å². The predicted octanol–water partition coefficient (Wildman–Crippen LogP) is 1.20. The fourth-order valence-electron chi connectivity index (χ4n) is 2.23. The van der Waals surface area contributed by atoms with E-state index in [0.29, 0.717) is 13.1 Å². The van der Waals surface area contributed by atoms with Gasteiger partial charge in [-0.15, -0.1) is 0 Å². The quantitative estimate of drug-likeness (QED) is 0.665. The maximum absolute atomic E-state index is 10.3. The fourth-order valence-corrected chi connectivity index (χ4v) is 2.23. The SMILES string of the molecule is CCNc1ncnc(NCC(C)(O)CN(C)C)c1CC. The number of anilines is 2. The molecule has 1 aromatic heterocycles. The molecule has 0 amide bonds. The van der Waals surface area contributed by atoms with Gasteiger partial charge in [0.15, 0.2) is 0 Å². The highest BCUT2D eigenvalue weighted by molar-refractivity contribution is 5.57. The van der Waals surface area contributed by atoms with E-state index in [-0.39, 0.29) is 0 Å². The van der Waals surface area contributed by atoms with Crippen LogP contribution in [-0.2, 0) is 6.42 Å². The molecule has 0 radical (unpaired) electrons. The molecule has 0 bridgehead atoms. The highest BCUT2D eigenvalue weighted by Crippen LogP contribution is 2.21. The zero-order valence-corrected chi connectivity index (χ0v) is 13.2. The van der Waals surface area contributed by atoms with Crippen molar-refractivity contribution in [2.75, 3.05) is 44.4 Å². The largest absolute Gasteiger partial charge is 0.387 e. The lowest BCUT2D eigenvalue weighted by atomic mass is 10.1. The van der Waals surface area contributed by atoms with Crippen LogP contribution in [0.5, 0.6) is 0 Å². The van der Waals surface area contributed by atoms with Crippen LogP contribution in [0.2, 0.25) is 0 Å². The number of rotatable bonds is 8. The molecule has 0 saturated carbocycles. The van der Waals surface area contributed by atoms with Gasteiger partial charge in [-0.1, -0.05) is 6.92 Å². The van der Waals surface area contributed by atoms with Crippen molar-refractivity contribution in [2.45, 2.75) is 32.8 Å². The van der Waals surface area contributed by atoms with Gasteiger partial charge in [-0.2, -0.15) is 0 Å². The number of aliphatic hydroxyl groups is 1. The van der Waals surface area contributed by atoms with Gasteiger partial charge in [-0.3, -0.25) is 0 Å². The molecule has 0 spiro atoms. The number of nitrogens with zero attached hydrogens (tertiary/aromatic N) is 3. The summed E-state index contributed by atoms with van der Waals surface area (Å²) in [7, 11) is 3.89. The molecular weight excluding hydrogens is 254 g/mol. The molecule has 1 atom stereocenters. The minimum absolute atomic E-state index is 0.445. The van der Waals surface area contributed by atoms with E-state index in [9.17, 15) is 5.11 Å². The van der Waals surface area contributed by atoms with Crippen LogP contribution in [0.4, 0.5) is 11.6 Å². The highest BCUT2D eigenvalue weighted by atomic mass is 16.3. The Balaban J connectivity index is 2.79. The van der Waals surface area contributed by atoms with E-state index in [0.717, 1.165) is 30.2 Å². The second-order valence-corrected chi connectivity index (χ2v) is 5.52. The Bertz CT molecular complexity index is 420. The lowest BCUT2D eigenvalue weighted by Crippen LogP contribution is -2.43. The maximum atomic E-state index is 10.3. The first-order chi connectivity index (χ1) is 9.39. The van der Waals surface area contributed by atoms with Crippen molar-refractivity contribution in [1.82, 2.24) is 14.9 Å². The first-order valence-electron chi connectivity index (χ1n) is 7.08. The van der Waals surface area contributed by atoms with Gasteiger partial charge >= 0.3 is 0 Å². The fraction of sp³-hybridized carbons (Fsp3) is 0.714. The van der Waals surface area contributed by atoms with Crippen molar-refractivity contribution in [3.8, 4) is 0 Å². The third-order valence-corrected chi connectivity index (χ3v) is 2.94. The molecule has 1 aromatic rings. The molecular formula is C14H27N5O. The molecule has 1 heterocycles. The van der Waals surface area contributed by atoms with E-state index in [2.05, 4.69) is 27.5 Å². The van der Waals surface area contributed by atoms with E-state index < -0.39 is 5.60 Å². The van der Waals surface area contributed by atoms with Gasteiger partial charge in [0.05, 0.1) is 5.60 Å². The number of likely N-dealkylation sites (N-methyl/N-ethyl adjacent to an activating group) is 1. The Morgan fingerprint density at radius 2 is 1.80 bits per heavy atom. The summed E-state index contributed by atoms with van der Waals surface area (Å²) < 4.78 is 0. The number of nitrogens with one attached hydrogen (secondary N) is 2. The molecule has 0 aromatic carbocycles. The lowest BCUT2D eigenvalue weighted by molar-refractivity contribution is 0.0459. The first kappa shape index (κ1) is 16.7. The van der Waals surface area contributed by atoms with Crippen molar-refractivity contribution in [3.63, 3.8) is 0 Å². The third kappa shape index (κ3) is 4.94. The van der Waals surface area contributed by atoms with Crippen LogP contribution in [0.15, 0.2) is 6.33 Å². The Labute approximate surface area is 121 Å². The van der Waals surface area contributed by atoms with Crippen LogP contribution in [0, 0.1) is 0 Å². The van der Waals surface area contributed by atoms with Crippen LogP contribution in [0.3, 0.4) is 0 Å². The van der Waals surface area contributed by atoms with E-state index in [1.54, 1.807) is 6.33 Å². The molecule has 114 valence electrons. The highest BCUT2D eigenvalue weighted by Gasteiger charge is 2.22. The topological polar surface area (TPSA) is 73.3 Å². The van der Waals surface area contributed by atoms with Gasteiger partial charge < -0.3 is 20.6 Å². The first-order valence-corrected chi connectivity index (χ1v) is 7.08. The normalized spacial score (nSPS) is 14.2. The van der Waals surface area contributed by atoms with Crippen LogP contribution in [0.1, 0.15) is 26.3 Å². The van der Waals surface area contributed by atoms with Crippen LogP contribution < -0.4 is 10.6 Å². The minimum atomic E-state index is -0.808. The summed E-state index contributed by atoms with van der Waals surface area (Å²) in [6.07, 6.45) is 2.38. The van der Waals surface area contributed by atoms with Gasteiger partial charge in [0.25, 0.3) is 0 Å². The lowest BCUT2D eigenvalue weighted by Gasteiger charge is -2.27. The number of aromatic nitrogens is 2. The molecule has 20 heavy (non-hydrogen) atoms. The van der Waals surface area contributed by atoms with Crippen molar-refractivity contribution < 1.29 is 5.11 Å². The number of hydrogen-bond acceptors (Lipinski definition) is 6. The van der Waals surface area contributed by atoms with Crippen LogP contribution in [0.25, 0.3) is 0 Å². The molecule has 0 aliphatic heterocycles. The monoisotopic (exact) mass is 281 g/mol. The summed E-state index contributed by atoms with van der Waals surface area (Å²) in [5.41, 5.74) is 0.243. The second kappa shape index (κ2) is 7.40. The van der Waals surface area contributed by atoms with Crippen molar-refractivity contribution in [3.05, 3.63) is 11.9 Å². The van der Waals surface area contributed by atoms with Crippen LogP contribution >= 0.6 is 0 Å². The zero-order chi connectivity index (χ0) is 15.2. The Morgan fingerprint density at radius 1 is 1.20 bits per heavy atom. The van der Waals surface area contributed by atoms with Gasteiger partial charge in [0.2, 0.25) is 0 Å². The zero-order valence-electron chi connectivity index (χ0n) is 13.2. The Hall–Kier alpha value is -1.40. The van der Waals surface area contributed by atoms with E-state index in [1.807, 2.05) is 32.8 Å². The summed E-state index contributed by atoms with van der Waals surface area (Å²) in [5.74, 6) is 1.65.